The van der Waals surface area contributed by atoms with E-state index in [4.69, 9.17) is 4.74 Å². The molecule has 1 heterocycles. The van der Waals surface area contributed by atoms with Crippen molar-refractivity contribution in [2.24, 2.45) is 0 Å². The van der Waals surface area contributed by atoms with Crippen molar-refractivity contribution in [3.8, 4) is 0 Å². The van der Waals surface area contributed by atoms with Crippen LogP contribution in [0.25, 0.3) is 0 Å². The van der Waals surface area contributed by atoms with Crippen LogP contribution in [0.2, 0.25) is 0 Å². The van der Waals surface area contributed by atoms with Crippen LogP contribution in [0.3, 0.4) is 0 Å². The van der Waals surface area contributed by atoms with Crippen LogP contribution in [0, 0.1) is 0 Å². The second-order valence-electron chi connectivity index (χ2n) is 10.9. The highest BCUT2D eigenvalue weighted by molar-refractivity contribution is 5.84. The summed E-state index contributed by atoms with van der Waals surface area (Å²) in [5.74, 6) is -0.527. The molecule has 0 saturated carbocycles. The summed E-state index contributed by atoms with van der Waals surface area (Å²) in [5, 5.41) is 2.88. The van der Waals surface area contributed by atoms with Crippen LogP contribution >= 0.6 is 0 Å². The van der Waals surface area contributed by atoms with Crippen molar-refractivity contribution < 1.29 is 14.3 Å². The predicted molar refractivity (Wildman–Crippen MR) is 159 cm³/mol. The number of carbonyl (C=O) groups is 2. The van der Waals surface area contributed by atoms with Crippen LogP contribution < -0.4 is 5.32 Å². The van der Waals surface area contributed by atoms with Crippen molar-refractivity contribution >= 4 is 11.9 Å². The largest absolute Gasteiger partial charge is 0.459 e. The number of nitrogens with one attached hydrogen (secondary N) is 2. The standard InChI is InChI=1S/C33H53N3O3/c1-2-3-4-5-6-7-8-9-10-11-12-13-14-15-16-17-21-24-32(37)36-31(25-30-26-34-28-35-30)33(38)39-27-29-22-19-18-20-23-29/h18-20,22-23,26,28,31H,2-17,21,24-25,27H2,1H3,(H,34,35)(H,36,37)/t31-/m0/s1. The molecular weight excluding hydrogens is 486 g/mol. The van der Waals surface area contributed by atoms with Crippen molar-refractivity contribution in [2.75, 3.05) is 0 Å². The number of aromatic amines is 1. The Morgan fingerprint density at radius 2 is 1.33 bits per heavy atom. The Morgan fingerprint density at radius 1 is 0.795 bits per heavy atom. The number of aromatic nitrogens is 2. The number of esters is 1. The fourth-order valence-corrected chi connectivity index (χ4v) is 4.92. The molecule has 0 aliphatic carbocycles. The number of ether oxygens (including phenoxy) is 1. The van der Waals surface area contributed by atoms with Gasteiger partial charge in [-0.1, -0.05) is 140 Å². The molecular formula is C33H53N3O3. The quantitative estimate of drug-likeness (QED) is 0.104. The smallest absolute Gasteiger partial charge is 0.329 e. The Labute approximate surface area is 237 Å². The molecule has 1 aromatic carbocycles. The number of imidazole rings is 1. The lowest BCUT2D eigenvalue weighted by molar-refractivity contribution is -0.149. The van der Waals surface area contributed by atoms with Gasteiger partial charge in [0, 0.05) is 24.7 Å². The van der Waals surface area contributed by atoms with Gasteiger partial charge in [0.2, 0.25) is 5.91 Å². The van der Waals surface area contributed by atoms with Crippen LogP contribution in [0.15, 0.2) is 42.9 Å². The van der Waals surface area contributed by atoms with E-state index >= 15 is 0 Å². The third kappa shape index (κ3) is 16.8. The highest BCUT2D eigenvalue weighted by atomic mass is 16.5. The topological polar surface area (TPSA) is 84.1 Å². The molecule has 1 amide bonds. The average molecular weight is 540 g/mol. The van der Waals surface area contributed by atoms with E-state index < -0.39 is 12.0 Å². The van der Waals surface area contributed by atoms with E-state index in [2.05, 4.69) is 22.2 Å². The van der Waals surface area contributed by atoms with E-state index in [1.807, 2.05) is 30.3 Å². The molecule has 2 rings (SSSR count). The molecule has 0 fully saturated rings. The highest BCUT2D eigenvalue weighted by Gasteiger charge is 2.23. The number of carbonyl (C=O) groups excluding carboxylic acids is 2. The summed E-state index contributed by atoms with van der Waals surface area (Å²) < 4.78 is 5.49. The zero-order valence-electron chi connectivity index (χ0n) is 24.4. The van der Waals surface area contributed by atoms with Gasteiger partial charge in [-0.05, 0) is 12.0 Å². The maximum absolute atomic E-state index is 12.7. The molecule has 6 heteroatoms. The molecule has 0 bridgehead atoms. The van der Waals surface area contributed by atoms with E-state index in [0.29, 0.717) is 12.8 Å². The average Bonchev–Trinajstić information content (AvgIpc) is 3.47. The lowest BCUT2D eigenvalue weighted by atomic mass is 10.0. The molecule has 0 radical (unpaired) electrons. The third-order valence-corrected chi connectivity index (χ3v) is 7.33. The van der Waals surface area contributed by atoms with Gasteiger partial charge in [-0.15, -0.1) is 0 Å². The van der Waals surface area contributed by atoms with Gasteiger partial charge >= 0.3 is 5.97 Å². The summed E-state index contributed by atoms with van der Waals surface area (Å²) in [6, 6.07) is 8.83. The first-order chi connectivity index (χ1) is 19.2. The van der Waals surface area contributed by atoms with E-state index in [1.54, 1.807) is 12.5 Å². The van der Waals surface area contributed by atoms with Crippen molar-refractivity contribution in [1.82, 2.24) is 15.3 Å². The van der Waals surface area contributed by atoms with E-state index in [-0.39, 0.29) is 12.5 Å². The second-order valence-corrected chi connectivity index (χ2v) is 10.9. The molecule has 6 nitrogen and oxygen atoms in total. The van der Waals surface area contributed by atoms with Gasteiger partial charge in [0.25, 0.3) is 0 Å². The molecule has 1 aromatic heterocycles. The van der Waals surface area contributed by atoms with Gasteiger partial charge in [-0.25, -0.2) is 9.78 Å². The maximum Gasteiger partial charge on any atom is 0.329 e. The molecule has 0 aliphatic rings. The predicted octanol–water partition coefficient (Wildman–Crippen LogP) is 8.22. The first kappa shape index (κ1) is 32.6. The fraction of sp³-hybridized carbons (Fsp3) is 0.667. The zero-order valence-corrected chi connectivity index (χ0v) is 24.4. The van der Waals surface area contributed by atoms with E-state index in [0.717, 1.165) is 24.1 Å². The summed E-state index contributed by atoms with van der Waals surface area (Å²) in [6.07, 6.45) is 26.3. The van der Waals surface area contributed by atoms with Crippen LogP contribution in [0.4, 0.5) is 0 Å². The number of benzene rings is 1. The lowest BCUT2D eigenvalue weighted by Gasteiger charge is -2.17. The Bertz CT molecular complexity index is 854. The van der Waals surface area contributed by atoms with Crippen molar-refractivity contribution in [3.63, 3.8) is 0 Å². The summed E-state index contributed by atoms with van der Waals surface area (Å²) in [7, 11) is 0. The van der Waals surface area contributed by atoms with Gasteiger partial charge in [-0.3, -0.25) is 4.79 Å². The van der Waals surface area contributed by atoms with Gasteiger partial charge in [0.05, 0.1) is 6.33 Å². The summed E-state index contributed by atoms with van der Waals surface area (Å²) in [4.78, 5) is 32.3. The van der Waals surface area contributed by atoms with Gasteiger partial charge < -0.3 is 15.0 Å². The Kier molecular flexibility index (Phi) is 18.6. The van der Waals surface area contributed by atoms with Crippen LogP contribution in [0.1, 0.15) is 134 Å². The Morgan fingerprint density at radius 3 is 1.85 bits per heavy atom. The highest BCUT2D eigenvalue weighted by Crippen LogP contribution is 2.14. The normalized spacial score (nSPS) is 11.8. The number of hydrogen-bond acceptors (Lipinski definition) is 4. The maximum atomic E-state index is 12.7. The first-order valence-corrected chi connectivity index (χ1v) is 15.7. The monoisotopic (exact) mass is 539 g/mol. The first-order valence-electron chi connectivity index (χ1n) is 15.7. The molecule has 0 unspecified atom stereocenters. The van der Waals surface area contributed by atoms with Crippen LogP contribution in [-0.4, -0.2) is 27.9 Å². The lowest BCUT2D eigenvalue weighted by Crippen LogP contribution is -2.43. The molecule has 218 valence electrons. The number of H-pyrrole nitrogens is 1. The van der Waals surface area contributed by atoms with Crippen molar-refractivity contribution in [1.29, 1.82) is 0 Å². The van der Waals surface area contributed by atoms with Gasteiger partial charge in [0.1, 0.15) is 12.6 Å². The van der Waals surface area contributed by atoms with E-state index in [9.17, 15) is 9.59 Å². The molecule has 0 aliphatic heterocycles. The minimum absolute atomic E-state index is 0.0999. The Balaban J connectivity index is 1.49. The molecule has 39 heavy (non-hydrogen) atoms. The Hall–Kier alpha value is -2.63. The summed E-state index contributed by atoms with van der Waals surface area (Å²) >= 11 is 0. The van der Waals surface area contributed by atoms with Crippen LogP contribution in [-0.2, 0) is 27.4 Å². The number of hydrogen-bond donors (Lipinski definition) is 2. The second kappa shape index (κ2) is 22.2. The number of nitrogens with zero attached hydrogens (tertiary/aromatic N) is 1. The minimum atomic E-state index is -0.729. The number of amides is 1. The fourth-order valence-electron chi connectivity index (χ4n) is 4.92. The summed E-state index contributed by atoms with van der Waals surface area (Å²) in [5.41, 5.74) is 1.70. The van der Waals surface area contributed by atoms with Gasteiger partial charge in [0.15, 0.2) is 0 Å². The molecule has 2 aromatic rings. The SMILES string of the molecule is CCCCCCCCCCCCCCCCCCCC(=O)N[C@@H](Cc1cnc[nH]1)C(=O)OCc1ccccc1. The molecule has 0 spiro atoms. The number of rotatable bonds is 24. The minimum Gasteiger partial charge on any atom is -0.459 e. The van der Waals surface area contributed by atoms with Crippen LogP contribution in [0.5, 0.6) is 0 Å². The molecule has 1 atom stereocenters. The number of unbranched alkanes of at least 4 members (excludes halogenated alkanes) is 16. The summed E-state index contributed by atoms with van der Waals surface area (Å²) in [6.45, 7) is 2.47. The molecule has 2 N–H and O–H groups in total. The molecule has 0 saturated heterocycles. The van der Waals surface area contributed by atoms with Gasteiger partial charge in [-0.2, -0.15) is 0 Å². The zero-order chi connectivity index (χ0) is 27.8. The van der Waals surface area contributed by atoms with Crippen molar-refractivity contribution in [2.45, 2.75) is 142 Å². The third-order valence-electron chi connectivity index (χ3n) is 7.33. The van der Waals surface area contributed by atoms with E-state index in [1.165, 1.54) is 96.3 Å². The van der Waals surface area contributed by atoms with Crippen molar-refractivity contribution in [3.05, 3.63) is 54.1 Å².